The molecule has 1 heterocycles. The van der Waals surface area contributed by atoms with Crippen molar-refractivity contribution in [2.45, 2.75) is 0 Å². The van der Waals surface area contributed by atoms with Crippen LogP contribution in [0.4, 0.5) is 10.8 Å². The summed E-state index contributed by atoms with van der Waals surface area (Å²) in [4.78, 5) is 26.6. The predicted molar refractivity (Wildman–Crippen MR) is 96.9 cm³/mol. The van der Waals surface area contributed by atoms with E-state index in [2.05, 4.69) is 10.3 Å². The number of carbonyl (C=O) groups excluding carboxylic acids is 1. The van der Waals surface area contributed by atoms with Gasteiger partial charge in [0.05, 0.1) is 22.2 Å². The van der Waals surface area contributed by atoms with E-state index in [-0.39, 0.29) is 11.6 Å². The summed E-state index contributed by atoms with van der Waals surface area (Å²) >= 11 is 1.19. The van der Waals surface area contributed by atoms with E-state index in [9.17, 15) is 14.9 Å². The van der Waals surface area contributed by atoms with Crippen LogP contribution in [0.25, 0.3) is 16.3 Å². The molecule has 0 unspecified atom stereocenters. The minimum atomic E-state index is -0.463. The molecule has 0 atom stereocenters. The van der Waals surface area contributed by atoms with Crippen LogP contribution in [0, 0.1) is 10.1 Å². The first kappa shape index (κ1) is 16.6. The van der Waals surface area contributed by atoms with Crippen molar-refractivity contribution in [2.75, 3.05) is 12.4 Å². The average molecular weight is 355 g/mol. The molecule has 0 spiro atoms. The van der Waals surface area contributed by atoms with Gasteiger partial charge in [-0.3, -0.25) is 20.2 Å². The van der Waals surface area contributed by atoms with Crippen molar-refractivity contribution in [3.8, 4) is 5.75 Å². The summed E-state index contributed by atoms with van der Waals surface area (Å²) in [6.45, 7) is 0. The molecule has 126 valence electrons. The molecule has 0 aliphatic carbocycles. The van der Waals surface area contributed by atoms with Gasteiger partial charge >= 0.3 is 0 Å². The number of methoxy groups -OCH3 is 1. The first-order chi connectivity index (χ1) is 12.0. The van der Waals surface area contributed by atoms with E-state index in [0.29, 0.717) is 15.3 Å². The molecule has 0 saturated carbocycles. The smallest absolute Gasteiger partial charge is 0.270 e. The number of aromatic nitrogens is 1. The fourth-order valence-corrected chi connectivity index (χ4v) is 3.02. The molecule has 0 saturated heterocycles. The molecule has 0 bridgehead atoms. The van der Waals surface area contributed by atoms with E-state index in [4.69, 9.17) is 4.74 Å². The number of carbonyl (C=O) groups is 1. The number of hydrogen-bond acceptors (Lipinski definition) is 6. The number of fused-ring (bicyclic) bond motifs is 1. The van der Waals surface area contributed by atoms with Crippen molar-refractivity contribution in [1.82, 2.24) is 4.98 Å². The highest BCUT2D eigenvalue weighted by Gasteiger charge is 2.11. The molecule has 25 heavy (non-hydrogen) atoms. The number of rotatable bonds is 5. The maximum Gasteiger partial charge on any atom is 0.270 e. The summed E-state index contributed by atoms with van der Waals surface area (Å²) in [5.41, 5.74) is 1.45. The van der Waals surface area contributed by atoms with Gasteiger partial charge in [-0.05, 0) is 29.8 Å². The lowest BCUT2D eigenvalue weighted by Gasteiger charge is -1.99. The van der Waals surface area contributed by atoms with Crippen LogP contribution in [-0.4, -0.2) is 22.9 Å². The minimum absolute atomic E-state index is 0.00609. The number of benzene rings is 2. The van der Waals surface area contributed by atoms with Gasteiger partial charge in [-0.15, -0.1) is 0 Å². The minimum Gasteiger partial charge on any atom is -0.497 e. The summed E-state index contributed by atoms with van der Waals surface area (Å²) in [5.74, 6) is 0.412. The lowest BCUT2D eigenvalue weighted by atomic mass is 10.2. The fourth-order valence-electron chi connectivity index (χ4n) is 2.11. The lowest BCUT2D eigenvalue weighted by Crippen LogP contribution is -2.07. The van der Waals surface area contributed by atoms with Crippen LogP contribution in [0.5, 0.6) is 5.75 Å². The highest BCUT2D eigenvalue weighted by Crippen LogP contribution is 2.29. The number of thiazole rings is 1. The second-order valence-corrected chi connectivity index (χ2v) is 6.05. The number of nitro benzene ring substituents is 1. The number of nitrogens with zero attached hydrogens (tertiary/aromatic N) is 2. The van der Waals surface area contributed by atoms with Crippen molar-refractivity contribution < 1.29 is 14.5 Å². The van der Waals surface area contributed by atoms with Crippen molar-refractivity contribution in [3.63, 3.8) is 0 Å². The molecule has 0 radical (unpaired) electrons. The Morgan fingerprint density at radius 3 is 2.72 bits per heavy atom. The van der Waals surface area contributed by atoms with Gasteiger partial charge in [0.1, 0.15) is 5.75 Å². The zero-order chi connectivity index (χ0) is 17.8. The van der Waals surface area contributed by atoms with Crippen LogP contribution in [0.1, 0.15) is 5.56 Å². The second-order valence-electron chi connectivity index (χ2n) is 5.02. The molecule has 1 aromatic heterocycles. The molecule has 0 fully saturated rings. The van der Waals surface area contributed by atoms with Gasteiger partial charge in [0.15, 0.2) is 5.13 Å². The Labute approximate surface area is 146 Å². The summed E-state index contributed by atoms with van der Waals surface area (Å²) in [6.07, 6.45) is 3.07. The number of nitro groups is 1. The third kappa shape index (κ3) is 3.99. The number of nitrogens with one attached hydrogen (secondary N) is 1. The van der Waals surface area contributed by atoms with E-state index >= 15 is 0 Å². The van der Waals surface area contributed by atoms with Gasteiger partial charge in [0, 0.05) is 18.2 Å². The van der Waals surface area contributed by atoms with Crippen LogP contribution < -0.4 is 10.1 Å². The molecule has 1 N–H and O–H groups in total. The van der Waals surface area contributed by atoms with E-state index in [1.807, 2.05) is 12.1 Å². The Bertz CT molecular complexity index is 964. The molecular formula is C17H13N3O4S. The lowest BCUT2D eigenvalue weighted by molar-refractivity contribution is -0.384. The van der Waals surface area contributed by atoms with Crippen LogP contribution >= 0.6 is 11.3 Å². The molecule has 3 rings (SSSR count). The van der Waals surface area contributed by atoms with Gasteiger partial charge in [0.2, 0.25) is 5.91 Å². The zero-order valence-corrected chi connectivity index (χ0v) is 13.9. The Morgan fingerprint density at radius 2 is 2.04 bits per heavy atom. The number of anilines is 1. The first-order valence-corrected chi connectivity index (χ1v) is 8.05. The third-order valence-electron chi connectivity index (χ3n) is 3.36. The van der Waals surface area contributed by atoms with Crippen molar-refractivity contribution in [3.05, 3.63) is 64.2 Å². The average Bonchev–Trinajstić information content (AvgIpc) is 3.01. The van der Waals surface area contributed by atoms with Crippen molar-refractivity contribution in [2.24, 2.45) is 0 Å². The number of hydrogen-bond donors (Lipinski definition) is 1. The monoisotopic (exact) mass is 355 g/mol. The Kier molecular flexibility index (Phi) is 4.71. The van der Waals surface area contributed by atoms with Crippen molar-refractivity contribution in [1.29, 1.82) is 0 Å². The normalized spacial score (nSPS) is 10.9. The Morgan fingerprint density at radius 1 is 1.28 bits per heavy atom. The summed E-state index contributed by atoms with van der Waals surface area (Å²) < 4.78 is 5.72. The number of ether oxygens (including phenoxy) is 1. The summed E-state index contributed by atoms with van der Waals surface area (Å²) in [5, 5.41) is 13.8. The molecule has 1 amide bonds. The van der Waals surface area contributed by atoms with Gasteiger partial charge < -0.3 is 4.74 Å². The van der Waals surface area contributed by atoms with Crippen LogP contribution in [0.3, 0.4) is 0 Å². The number of amides is 1. The van der Waals surface area contributed by atoms with E-state index < -0.39 is 4.92 Å². The molecule has 0 aliphatic heterocycles. The topological polar surface area (TPSA) is 94.4 Å². The molecule has 8 heteroatoms. The summed E-state index contributed by atoms with van der Waals surface area (Å²) in [6, 6.07) is 11.7. The van der Waals surface area contributed by atoms with E-state index in [1.54, 1.807) is 31.4 Å². The largest absolute Gasteiger partial charge is 0.497 e. The third-order valence-corrected chi connectivity index (χ3v) is 4.29. The van der Waals surface area contributed by atoms with Crippen LogP contribution in [0.2, 0.25) is 0 Å². The van der Waals surface area contributed by atoms with E-state index in [1.165, 1.54) is 29.5 Å². The Balaban J connectivity index is 1.70. The molecule has 0 aliphatic rings. The highest BCUT2D eigenvalue weighted by molar-refractivity contribution is 7.22. The van der Waals surface area contributed by atoms with E-state index in [0.717, 1.165) is 11.3 Å². The molecule has 3 aromatic rings. The van der Waals surface area contributed by atoms with Gasteiger partial charge in [0.25, 0.3) is 5.69 Å². The predicted octanol–water partition coefficient (Wildman–Crippen LogP) is 3.87. The van der Waals surface area contributed by atoms with Crippen LogP contribution in [-0.2, 0) is 4.79 Å². The molecule has 7 nitrogen and oxygen atoms in total. The van der Waals surface area contributed by atoms with Crippen LogP contribution in [0.15, 0.2) is 48.5 Å². The first-order valence-electron chi connectivity index (χ1n) is 7.23. The maximum atomic E-state index is 12.0. The number of non-ortho nitro benzene ring substituents is 1. The highest BCUT2D eigenvalue weighted by atomic mass is 32.1. The summed E-state index contributed by atoms with van der Waals surface area (Å²) in [7, 11) is 1.59. The molecule has 2 aromatic carbocycles. The standard InChI is InChI=1S/C17H13N3O4S/c1-24-13-6-2-11(3-7-13)4-9-16(21)19-17-18-14-8-5-12(20(22)23)10-15(14)25-17/h2-10H,1H3,(H,18,19,21). The molecular weight excluding hydrogens is 342 g/mol. The fraction of sp³-hybridized carbons (Fsp3) is 0.0588. The Hall–Kier alpha value is -3.26. The van der Waals surface area contributed by atoms with Gasteiger partial charge in [-0.25, -0.2) is 4.98 Å². The second kappa shape index (κ2) is 7.10. The van der Waals surface area contributed by atoms with Crippen molar-refractivity contribution >= 4 is 44.4 Å². The maximum absolute atomic E-state index is 12.0. The van der Waals surface area contributed by atoms with Gasteiger partial charge in [-0.2, -0.15) is 0 Å². The quantitative estimate of drug-likeness (QED) is 0.426. The SMILES string of the molecule is COc1ccc(C=CC(=O)Nc2nc3ccc([N+](=O)[O-])cc3s2)cc1. The zero-order valence-electron chi connectivity index (χ0n) is 13.1. The van der Waals surface area contributed by atoms with Gasteiger partial charge in [-0.1, -0.05) is 23.5 Å².